The first-order valence-electron chi connectivity index (χ1n) is 11.0. The Hall–Kier alpha value is -2.12. The lowest BCUT2D eigenvalue weighted by Gasteiger charge is -2.25. The SMILES string of the molecule is c1cc(N(CC2CO2)CC2CO2)ccc1Cc1ccc(N2CC3OC34OC4C2)cc1. The minimum Gasteiger partial charge on any atom is -0.371 e. The van der Waals surface area contributed by atoms with Gasteiger partial charge in [0.2, 0.25) is 5.79 Å². The number of epoxide rings is 4. The van der Waals surface area contributed by atoms with Gasteiger partial charge in [-0.3, -0.25) is 0 Å². The summed E-state index contributed by atoms with van der Waals surface area (Å²) in [6, 6.07) is 17.9. The molecule has 0 aliphatic carbocycles. The fourth-order valence-electron chi connectivity index (χ4n) is 4.79. The molecular weight excluding hydrogens is 380 g/mol. The highest BCUT2D eigenvalue weighted by atomic mass is 16.9. The Morgan fingerprint density at radius 3 is 1.87 bits per heavy atom. The van der Waals surface area contributed by atoms with Gasteiger partial charge in [-0.2, -0.15) is 0 Å². The van der Waals surface area contributed by atoms with Crippen LogP contribution in [0.2, 0.25) is 0 Å². The molecule has 2 aromatic rings. The van der Waals surface area contributed by atoms with Crippen LogP contribution >= 0.6 is 0 Å². The number of nitrogens with zero attached hydrogens (tertiary/aromatic N) is 2. The molecule has 1 spiro atoms. The van der Waals surface area contributed by atoms with E-state index in [1.807, 2.05) is 0 Å². The Balaban J connectivity index is 1.00. The predicted molar refractivity (Wildman–Crippen MR) is 112 cm³/mol. The Bertz CT molecular complexity index is 907. The van der Waals surface area contributed by atoms with Crippen LogP contribution in [0.25, 0.3) is 0 Å². The van der Waals surface area contributed by atoms with Crippen LogP contribution in [-0.4, -0.2) is 69.6 Å². The molecule has 0 radical (unpaired) electrons. The van der Waals surface area contributed by atoms with E-state index >= 15 is 0 Å². The molecule has 7 rings (SSSR count). The highest BCUT2D eigenvalue weighted by Gasteiger charge is 2.79. The van der Waals surface area contributed by atoms with Crippen molar-refractivity contribution in [3.8, 4) is 0 Å². The summed E-state index contributed by atoms with van der Waals surface area (Å²) in [5.41, 5.74) is 5.18. The number of hydrogen-bond donors (Lipinski definition) is 0. The zero-order valence-electron chi connectivity index (χ0n) is 16.9. The van der Waals surface area contributed by atoms with Crippen LogP contribution in [0.1, 0.15) is 11.1 Å². The molecule has 0 N–H and O–H groups in total. The number of anilines is 2. The molecule has 156 valence electrons. The van der Waals surface area contributed by atoms with E-state index in [0.717, 1.165) is 45.8 Å². The summed E-state index contributed by atoms with van der Waals surface area (Å²) in [5.74, 6) is -0.171. The first-order chi connectivity index (χ1) is 14.7. The van der Waals surface area contributed by atoms with Crippen LogP contribution in [0, 0.1) is 0 Å². The van der Waals surface area contributed by atoms with Gasteiger partial charge in [0.1, 0.15) is 12.2 Å². The number of rotatable bonds is 8. The van der Waals surface area contributed by atoms with Gasteiger partial charge < -0.3 is 28.7 Å². The Morgan fingerprint density at radius 1 is 0.800 bits per heavy atom. The van der Waals surface area contributed by atoms with Crippen LogP contribution in [-0.2, 0) is 25.4 Å². The van der Waals surface area contributed by atoms with Crippen molar-refractivity contribution in [1.82, 2.24) is 0 Å². The van der Waals surface area contributed by atoms with E-state index in [1.54, 1.807) is 0 Å². The molecule has 0 amide bonds. The molecule has 5 aliphatic heterocycles. The zero-order chi connectivity index (χ0) is 19.7. The second-order valence-corrected chi connectivity index (χ2v) is 9.16. The third-order valence-electron chi connectivity index (χ3n) is 6.87. The highest BCUT2D eigenvalue weighted by Crippen LogP contribution is 2.58. The van der Waals surface area contributed by atoms with E-state index in [1.165, 1.54) is 22.5 Å². The molecule has 6 heteroatoms. The predicted octanol–water partition coefficient (Wildman–Crippen LogP) is 2.20. The lowest BCUT2D eigenvalue weighted by Crippen LogP contribution is -2.37. The minimum absolute atomic E-state index is 0.171. The standard InChI is InChI=1S/C24H26N2O4/c1-5-18(25(10-20-14-27-20)11-21-15-28-21)6-2-16(1)9-17-3-7-19(8-4-17)26-12-22-24(29-22)23(13-26)30-24/h1-8,20-23H,9-15H2. The van der Waals surface area contributed by atoms with Gasteiger partial charge in [0.05, 0.1) is 25.4 Å². The van der Waals surface area contributed by atoms with E-state index in [-0.39, 0.29) is 18.0 Å². The topological polar surface area (TPSA) is 56.6 Å². The van der Waals surface area contributed by atoms with Crippen LogP contribution in [0.4, 0.5) is 11.4 Å². The molecule has 4 atom stereocenters. The monoisotopic (exact) mass is 406 g/mol. The Labute approximate surface area is 176 Å². The van der Waals surface area contributed by atoms with Gasteiger partial charge in [0.25, 0.3) is 0 Å². The summed E-state index contributed by atoms with van der Waals surface area (Å²) in [6.45, 7) is 5.55. The van der Waals surface area contributed by atoms with E-state index < -0.39 is 0 Å². The second kappa shape index (κ2) is 6.44. The van der Waals surface area contributed by atoms with E-state index in [9.17, 15) is 0 Å². The molecular formula is C24H26N2O4. The highest BCUT2D eigenvalue weighted by molar-refractivity contribution is 5.52. The maximum Gasteiger partial charge on any atom is 0.226 e. The van der Waals surface area contributed by atoms with Crippen molar-refractivity contribution in [1.29, 1.82) is 0 Å². The quantitative estimate of drug-likeness (QED) is 0.627. The van der Waals surface area contributed by atoms with Gasteiger partial charge in [0.15, 0.2) is 0 Å². The van der Waals surface area contributed by atoms with Crippen LogP contribution in [0.5, 0.6) is 0 Å². The Morgan fingerprint density at radius 2 is 1.33 bits per heavy atom. The molecule has 6 nitrogen and oxygen atoms in total. The third-order valence-corrected chi connectivity index (χ3v) is 6.87. The van der Waals surface area contributed by atoms with Crippen molar-refractivity contribution >= 4 is 11.4 Å². The van der Waals surface area contributed by atoms with Gasteiger partial charge in [-0.15, -0.1) is 0 Å². The summed E-state index contributed by atoms with van der Waals surface area (Å²) in [7, 11) is 0. The molecule has 30 heavy (non-hydrogen) atoms. The van der Waals surface area contributed by atoms with E-state index in [2.05, 4.69) is 58.3 Å². The normalized spacial score (nSPS) is 34.7. The lowest BCUT2D eigenvalue weighted by molar-refractivity contribution is 0.245. The zero-order valence-corrected chi connectivity index (χ0v) is 16.9. The summed E-state index contributed by atoms with van der Waals surface area (Å²) < 4.78 is 22.2. The molecule has 5 heterocycles. The fraction of sp³-hybridized carbons (Fsp3) is 0.500. The summed E-state index contributed by atoms with van der Waals surface area (Å²) in [4.78, 5) is 4.78. The number of benzene rings is 2. The molecule has 2 aromatic carbocycles. The fourth-order valence-corrected chi connectivity index (χ4v) is 4.79. The lowest BCUT2D eigenvalue weighted by atomic mass is 10.0. The number of piperidine rings is 1. The molecule has 4 unspecified atom stereocenters. The molecule has 5 fully saturated rings. The summed E-state index contributed by atoms with van der Waals surface area (Å²) in [5, 5.41) is 0. The average molecular weight is 406 g/mol. The van der Waals surface area contributed by atoms with Gasteiger partial charge in [-0.1, -0.05) is 24.3 Å². The molecule has 0 saturated carbocycles. The minimum atomic E-state index is -0.171. The van der Waals surface area contributed by atoms with Gasteiger partial charge in [-0.05, 0) is 41.8 Å². The molecule has 0 bridgehead atoms. The maximum atomic E-state index is 5.69. The first kappa shape index (κ1) is 17.5. The van der Waals surface area contributed by atoms with Crippen molar-refractivity contribution in [2.75, 3.05) is 49.2 Å². The van der Waals surface area contributed by atoms with Crippen molar-refractivity contribution in [2.24, 2.45) is 0 Å². The number of hydrogen-bond acceptors (Lipinski definition) is 6. The third kappa shape index (κ3) is 3.28. The van der Waals surface area contributed by atoms with Crippen molar-refractivity contribution in [3.05, 3.63) is 59.7 Å². The largest absolute Gasteiger partial charge is 0.371 e. The summed E-state index contributed by atoms with van der Waals surface area (Å²) >= 11 is 0. The number of ether oxygens (including phenoxy) is 4. The van der Waals surface area contributed by atoms with Gasteiger partial charge >= 0.3 is 0 Å². The smallest absolute Gasteiger partial charge is 0.226 e. The Kier molecular flexibility index (Phi) is 3.77. The van der Waals surface area contributed by atoms with Gasteiger partial charge in [-0.25, -0.2) is 0 Å². The first-order valence-corrected chi connectivity index (χ1v) is 11.0. The molecule has 5 aliphatic rings. The second-order valence-electron chi connectivity index (χ2n) is 9.16. The van der Waals surface area contributed by atoms with Crippen molar-refractivity contribution < 1.29 is 18.9 Å². The van der Waals surface area contributed by atoms with Crippen LogP contribution in [0.3, 0.4) is 0 Å². The van der Waals surface area contributed by atoms with E-state index in [4.69, 9.17) is 18.9 Å². The van der Waals surface area contributed by atoms with Crippen molar-refractivity contribution in [3.63, 3.8) is 0 Å². The maximum absolute atomic E-state index is 5.69. The molecule has 5 saturated heterocycles. The van der Waals surface area contributed by atoms with Crippen LogP contribution in [0.15, 0.2) is 48.5 Å². The average Bonchev–Trinajstić information content (AvgIpc) is 3.58. The van der Waals surface area contributed by atoms with E-state index in [0.29, 0.717) is 12.2 Å². The molecule has 0 aromatic heterocycles. The summed E-state index contributed by atoms with van der Waals surface area (Å²) in [6.07, 6.45) is 2.25. The van der Waals surface area contributed by atoms with Gasteiger partial charge in [0, 0.05) is 37.6 Å². The van der Waals surface area contributed by atoms with Crippen LogP contribution < -0.4 is 9.80 Å². The van der Waals surface area contributed by atoms with Crippen molar-refractivity contribution in [2.45, 2.75) is 36.6 Å².